The number of hydrogen-bond donors (Lipinski definition) is 2. The zero-order valence-corrected chi connectivity index (χ0v) is 19.1. The molecule has 6 nitrogen and oxygen atoms in total. The number of aliphatic imine (C=N–C) groups is 1. The minimum Gasteiger partial charge on any atom is -0.496 e. The number of ether oxygens (including phenoxy) is 1. The van der Waals surface area contributed by atoms with Gasteiger partial charge in [0.05, 0.1) is 26.0 Å². The molecule has 1 aromatic heterocycles. The number of aryl methyl sites for hydroxylation is 1. The summed E-state index contributed by atoms with van der Waals surface area (Å²) in [6.07, 6.45) is 1.70. The molecule has 1 atom stereocenters. The zero-order chi connectivity index (χ0) is 18.9. The number of methoxy groups -OCH3 is 1. The number of nitrogens with one attached hydrogen (secondary N) is 2. The quantitative estimate of drug-likeness (QED) is 0.340. The summed E-state index contributed by atoms with van der Waals surface area (Å²) in [5.74, 6) is 2.57. The first-order valence-corrected chi connectivity index (χ1v) is 8.90. The lowest BCUT2D eigenvalue weighted by Gasteiger charge is -2.23. The maximum absolute atomic E-state index is 5.56. The van der Waals surface area contributed by atoms with E-state index in [2.05, 4.69) is 41.5 Å². The molecule has 0 radical (unpaired) electrons. The molecule has 1 heterocycles. The van der Waals surface area contributed by atoms with Crippen LogP contribution >= 0.6 is 24.0 Å². The predicted octanol–water partition coefficient (Wildman–Crippen LogP) is 3.57. The van der Waals surface area contributed by atoms with E-state index in [0.717, 1.165) is 29.6 Å². The van der Waals surface area contributed by atoms with Crippen LogP contribution in [0.1, 0.15) is 29.9 Å². The topological polar surface area (TPSA) is 62.0 Å². The van der Waals surface area contributed by atoms with Crippen molar-refractivity contribution in [2.24, 2.45) is 4.99 Å². The normalized spacial score (nSPS) is 12.4. The Morgan fingerprint density at radius 2 is 2.04 bits per heavy atom. The number of hydrogen-bond acceptors (Lipinski definition) is 4. The molecule has 2 rings (SSSR count). The van der Waals surface area contributed by atoms with Gasteiger partial charge in [-0.15, -0.1) is 24.0 Å². The van der Waals surface area contributed by atoms with Gasteiger partial charge in [0.2, 0.25) is 0 Å². The Labute approximate surface area is 179 Å². The summed E-state index contributed by atoms with van der Waals surface area (Å²) in [6.45, 7) is 6.14. The first kappa shape index (κ1) is 23.3. The van der Waals surface area contributed by atoms with Gasteiger partial charge in [-0.05, 0) is 51.7 Å². The highest BCUT2D eigenvalue weighted by Gasteiger charge is 2.17. The summed E-state index contributed by atoms with van der Waals surface area (Å²) in [5.41, 5.74) is 2.23. The lowest BCUT2D eigenvalue weighted by molar-refractivity contribution is 0.258. The lowest BCUT2D eigenvalue weighted by atomic mass is 10.1. The zero-order valence-electron chi connectivity index (χ0n) is 16.8. The van der Waals surface area contributed by atoms with Crippen LogP contribution in [-0.4, -0.2) is 45.2 Å². The van der Waals surface area contributed by atoms with E-state index in [1.54, 1.807) is 13.4 Å². The van der Waals surface area contributed by atoms with Crippen LogP contribution in [0.4, 0.5) is 0 Å². The van der Waals surface area contributed by atoms with Gasteiger partial charge >= 0.3 is 0 Å². The molecular formula is C20H31IN4O2. The van der Waals surface area contributed by atoms with Crippen LogP contribution in [0.3, 0.4) is 0 Å². The van der Waals surface area contributed by atoms with Crippen LogP contribution in [0.5, 0.6) is 5.75 Å². The average molecular weight is 486 g/mol. The summed E-state index contributed by atoms with van der Waals surface area (Å²) in [4.78, 5) is 6.82. The molecule has 2 N–H and O–H groups in total. The molecule has 2 aromatic rings. The van der Waals surface area contributed by atoms with Gasteiger partial charge in [0, 0.05) is 18.7 Å². The summed E-state index contributed by atoms with van der Waals surface area (Å²) < 4.78 is 11.0. The Balaban J connectivity index is 0.00000364. The van der Waals surface area contributed by atoms with Gasteiger partial charge in [-0.1, -0.05) is 12.1 Å². The summed E-state index contributed by atoms with van der Waals surface area (Å²) in [5, 5.41) is 6.70. The van der Waals surface area contributed by atoms with Gasteiger partial charge in [0.15, 0.2) is 5.96 Å². The highest BCUT2D eigenvalue weighted by Crippen LogP contribution is 2.21. The van der Waals surface area contributed by atoms with Crippen molar-refractivity contribution in [2.75, 3.05) is 34.3 Å². The van der Waals surface area contributed by atoms with E-state index >= 15 is 0 Å². The molecule has 0 bridgehead atoms. The minimum atomic E-state index is 0. The Morgan fingerprint density at radius 1 is 1.26 bits per heavy atom. The van der Waals surface area contributed by atoms with Crippen molar-refractivity contribution in [3.63, 3.8) is 0 Å². The maximum Gasteiger partial charge on any atom is 0.191 e. The van der Waals surface area contributed by atoms with Gasteiger partial charge in [-0.2, -0.15) is 0 Å². The minimum absolute atomic E-state index is 0. The standard InChI is InChI=1S/C20H30N4O2.HI/c1-6-21-20(22-13-16-10-9-15(2)12-19(16)25-5)23-14-17(24(3)4)18-8-7-11-26-18;/h7-12,17H,6,13-14H2,1-5H3,(H2,21,22,23);1H. The van der Waals surface area contributed by atoms with Gasteiger partial charge in [-0.3, -0.25) is 4.90 Å². The molecule has 7 heteroatoms. The Morgan fingerprint density at radius 3 is 2.63 bits per heavy atom. The van der Waals surface area contributed by atoms with Gasteiger partial charge in [-0.25, -0.2) is 4.99 Å². The summed E-state index contributed by atoms with van der Waals surface area (Å²) >= 11 is 0. The molecular weight excluding hydrogens is 455 g/mol. The first-order valence-electron chi connectivity index (χ1n) is 8.90. The SMILES string of the molecule is CCNC(=NCc1ccc(C)cc1OC)NCC(c1ccco1)N(C)C.I. The van der Waals surface area contributed by atoms with Crippen molar-refractivity contribution < 1.29 is 9.15 Å². The number of likely N-dealkylation sites (N-methyl/N-ethyl adjacent to an activating group) is 1. The van der Waals surface area contributed by atoms with E-state index in [-0.39, 0.29) is 30.0 Å². The van der Waals surface area contributed by atoms with Crippen molar-refractivity contribution >= 4 is 29.9 Å². The maximum atomic E-state index is 5.56. The van der Waals surface area contributed by atoms with E-state index in [1.165, 1.54) is 5.56 Å². The molecule has 27 heavy (non-hydrogen) atoms. The van der Waals surface area contributed by atoms with E-state index in [1.807, 2.05) is 32.3 Å². The van der Waals surface area contributed by atoms with Crippen molar-refractivity contribution in [1.82, 2.24) is 15.5 Å². The number of nitrogens with zero attached hydrogens (tertiary/aromatic N) is 2. The third kappa shape index (κ3) is 7.06. The molecule has 0 aliphatic heterocycles. The second-order valence-corrected chi connectivity index (χ2v) is 6.39. The molecule has 0 fully saturated rings. The molecule has 0 spiro atoms. The van der Waals surface area contributed by atoms with Crippen molar-refractivity contribution in [2.45, 2.75) is 26.4 Å². The van der Waals surface area contributed by atoms with Crippen LogP contribution in [0.15, 0.2) is 46.0 Å². The second kappa shape index (κ2) is 11.9. The molecule has 150 valence electrons. The highest BCUT2D eigenvalue weighted by molar-refractivity contribution is 14.0. The Kier molecular flexibility index (Phi) is 10.2. The summed E-state index contributed by atoms with van der Waals surface area (Å²) in [7, 11) is 5.77. The highest BCUT2D eigenvalue weighted by atomic mass is 127. The molecule has 1 unspecified atom stereocenters. The van der Waals surface area contributed by atoms with Crippen LogP contribution in [0, 0.1) is 6.92 Å². The third-order valence-electron chi connectivity index (χ3n) is 4.15. The van der Waals surface area contributed by atoms with Crippen molar-refractivity contribution in [3.8, 4) is 5.75 Å². The fourth-order valence-corrected chi connectivity index (χ4v) is 2.70. The molecule has 0 aliphatic rings. The van der Waals surface area contributed by atoms with E-state index < -0.39 is 0 Å². The molecule has 0 saturated heterocycles. The number of halogens is 1. The molecule has 1 aromatic carbocycles. The van der Waals surface area contributed by atoms with Crippen molar-refractivity contribution in [3.05, 3.63) is 53.5 Å². The average Bonchev–Trinajstić information content (AvgIpc) is 3.14. The fraction of sp³-hybridized carbons (Fsp3) is 0.450. The number of benzene rings is 1. The largest absolute Gasteiger partial charge is 0.496 e. The van der Waals surface area contributed by atoms with Crippen LogP contribution in [0.25, 0.3) is 0 Å². The molecule has 0 amide bonds. The lowest BCUT2D eigenvalue weighted by Crippen LogP contribution is -2.41. The monoisotopic (exact) mass is 486 g/mol. The van der Waals surface area contributed by atoms with Crippen LogP contribution in [-0.2, 0) is 6.54 Å². The fourth-order valence-electron chi connectivity index (χ4n) is 2.70. The van der Waals surface area contributed by atoms with Gasteiger partial charge in [0.1, 0.15) is 11.5 Å². The number of rotatable bonds is 8. The van der Waals surface area contributed by atoms with Gasteiger partial charge in [0.25, 0.3) is 0 Å². The van der Waals surface area contributed by atoms with Crippen LogP contribution in [0.2, 0.25) is 0 Å². The molecule has 0 saturated carbocycles. The van der Waals surface area contributed by atoms with Crippen LogP contribution < -0.4 is 15.4 Å². The predicted molar refractivity (Wildman–Crippen MR) is 121 cm³/mol. The third-order valence-corrected chi connectivity index (χ3v) is 4.15. The summed E-state index contributed by atoms with van der Waals surface area (Å²) in [6, 6.07) is 10.2. The van der Waals surface area contributed by atoms with E-state index in [4.69, 9.17) is 14.1 Å². The smallest absolute Gasteiger partial charge is 0.191 e. The Hall–Kier alpha value is -1.74. The van der Waals surface area contributed by atoms with Gasteiger partial charge < -0.3 is 19.8 Å². The second-order valence-electron chi connectivity index (χ2n) is 6.39. The molecule has 0 aliphatic carbocycles. The van der Waals surface area contributed by atoms with Crippen molar-refractivity contribution in [1.29, 1.82) is 0 Å². The van der Waals surface area contributed by atoms with E-state index in [0.29, 0.717) is 13.1 Å². The number of furan rings is 1. The number of guanidine groups is 1. The first-order chi connectivity index (χ1) is 12.5. The van der Waals surface area contributed by atoms with E-state index in [9.17, 15) is 0 Å². The Bertz CT molecular complexity index is 702.